The number of para-hydroxylation sites is 1. The average molecular weight is 532 g/mol. The molecule has 8 heteroatoms. The van der Waals surface area contributed by atoms with Crippen molar-refractivity contribution in [1.29, 1.82) is 0 Å². The van der Waals surface area contributed by atoms with Crippen LogP contribution in [0.5, 0.6) is 5.75 Å². The fourth-order valence-corrected chi connectivity index (χ4v) is 5.08. The normalized spacial score (nSPS) is 16.7. The highest BCUT2D eigenvalue weighted by Crippen LogP contribution is 2.44. The summed E-state index contributed by atoms with van der Waals surface area (Å²) in [5, 5.41) is 0. The first-order valence-corrected chi connectivity index (χ1v) is 11.0. The van der Waals surface area contributed by atoms with E-state index in [2.05, 4.69) is 31.9 Å². The minimum Gasteiger partial charge on any atom is -0.488 e. The van der Waals surface area contributed by atoms with Gasteiger partial charge in [-0.3, -0.25) is 0 Å². The molecule has 3 heterocycles. The zero-order chi connectivity index (χ0) is 20.9. The van der Waals surface area contributed by atoms with Crippen molar-refractivity contribution in [1.82, 2.24) is 4.48 Å². The Morgan fingerprint density at radius 3 is 2.43 bits per heavy atom. The number of hydrogen-bond acceptors (Lipinski definition) is 1. The summed E-state index contributed by atoms with van der Waals surface area (Å²) >= 11 is 6.60. The summed E-state index contributed by atoms with van der Waals surface area (Å²) in [5.74, 6) is 0.641. The minimum absolute atomic E-state index is 0.328. The van der Waals surface area contributed by atoms with Gasteiger partial charge in [-0.15, -0.1) is 0 Å². The van der Waals surface area contributed by atoms with Crippen LogP contribution in [0.25, 0.3) is 5.57 Å². The quantitative estimate of drug-likeness (QED) is 0.366. The summed E-state index contributed by atoms with van der Waals surface area (Å²) in [4.78, 5) is 0. The third kappa shape index (κ3) is 3.01. The predicted molar refractivity (Wildman–Crippen MR) is 122 cm³/mol. The molecule has 0 aliphatic carbocycles. The molecule has 0 spiro atoms. The van der Waals surface area contributed by atoms with Crippen LogP contribution in [0.2, 0.25) is 0 Å². The number of benzene rings is 2. The van der Waals surface area contributed by atoms with Crippen LogP contribution >= 0.6 is 31.9 Å². The molecule has 30 heavy (non-hydrogen) atoms. The smallest absolute Gasteiger partial charge is 0.488 e. The van der Waals surface area contributed by atoms with Gasteiger partial charge < -0.3 is 22.3 Å². The maximum absolute atomic E-state index is 15.4. The Labute approximate surface area is 189 Å². The number of aromatic nitrogens is 1. The minimum atomic E-state index is -4.05. The van der Waals surface area contributed by atoms with Crippen LogP contribution in [-0.2, 0) is 6.61 Å². The molecule has 0 bridgehead atoms. The molecule has 0 saturated heterocycles. The molecule has 0 saturated carbocycles. The van der Waals surface area contributed by atoms with E-state index in [4.69, 9.17) is 4.74 Å². The van der Waals surface area contributed by atoms with Gasteiger partial charge in [0.2, 0.25) is 4.62 Å². The maximum Gasteiger partial charge on any atom is 0.738 e. The van der Waals surface area contributed by atoms with Gasteiger partial charge in [0.05, 0.1) is 10.2 Å². The van der Waals surface area contributed by atoms with E-state index in [9.17, 15) is 0 Å². The molecule has 0 radical (unpaired) electrons. The Morgan fingerprint density at radius 2 is 1.63 bits per heavy atom. The number of allylic oxidation sites excluding steroid dienone is 2. The Morgan fingerprint density at radius 1 is 0.900 bits per heavy atom. The molecule has 0 unspecified atom stereocenters. The first kappa shape index (κ1) is 19.5. The van der Waals surface area contributed by atoms with Crippen molar-refractivity contribution in [3.63, 3.8) is 0 Å². The van der Waals surface area contributed by atoms with Gasteiger partial charge in [0.15, 0.2) is 5.70 Å². The van der Waals surface area contributed by atoms with Crippen molar-refractivity contribution in [2.24, 2.45) is 0 Å². The van der Waals surface area contributed by atoms with Crippen LogP contribution < -0.4 is 4.74 Å². The second kappa shape index (κ2) is 7.36. The van der Waals surface area contributed by atoms with E-state index in [1.807, 2.05) is 54.6 Å². The summed E-state index contributed by atoms with van der Waals surface area (Å²) in [7, 11) is 0. The molecule has 1 aromatic heterocycles. The molecule has 0 atom stereocenters. The van der Waals surface area contributed by atoms with E-state index < -0.39 is 6.97 Å². The van der Waals surface area contributed by atoms with Gasteiger partial charge in [-0.1, -0.05) is 48.5 Å². The highest BCUT2D eigenvalue weighted by atomic mass is 79.9. The molecular weight excluding hydrogens is 517 g/mol. The third-order valence-corrected chi connectivity index (χ3v) is 6.56. The van der Waals surface area contributed by atoms with Gasteiger partial charge in [0.25, 0.3) is 0 Å². The fraction of sp³-hybridized carbons (Fsp3) is 0.0455. The lowest BCUT2D eigenvalue weighted by Crippen LogP contribution is -2.50. The van der Waals surface area contributed by atoms with Crippen molar-refractivity contribution >= 4 is 49.0 Å². The number of fused-ring (bicyclic) bond motifs is 2. The lowest BCUT2D eigenvalue weighted by molar-refractivity contribution is -0.358. The number of ether oxygens (including phenoxy) is 1. The predicted octanol–water partition coefficient (Wildman–Crippen LogP) is 6.20. The molecule has 150 valence electrons. The zero-order valence-corrected chi connectivity index (χ0v) is 18.8. The van der Waals surface area contributed by atoms with Crippen LogP contribution in [0.3, 0.4) is 0 Å². The Bertz CT molecular complexity index is 1250. The zero-order valence-electron chi connectivity index (χ0n) is 15.6. The Kier molecular flexibility index (Phi) is 4.78. The highest BCUT2D eigenvalue weighted by molar-refractivity contribution is 9.18. The van der Waals surface area contributed by atoms with Gasteiger partial charge >= 0.3 is 6.97 Å². The second-order valence-electron chi connectivity index (χ2n) is 7.06. The molecule has 2 aromatic carbocycles. The van der Waals surface area contributed by atoms with E-state index in [-0.39, 0.29) is 0 Å². The molecule has 0 N–H and O–H groups in total. The molecular formula is C22H15BBr2F2N2O. The molecule has 2 aliphatic heterocycles. The SMILES string of the molecule is F[B-]1(F)n2c(Br)ccc2C(c2ccccc2OCc2ccccc2)=C2C=CC(Br)=[N+]21. The Hall–Kier alpha value is -2.45. The van der Waals surface area contributed by atoms with Crippen molar-refractivity contribution in [3.8, 4) is 5.75 Å². The highest BCUT2D eigenvalue weighted by Gasteiger charge is 2.54. The van der Waals surface area contributed by atoms with Gasteiger partial charge in [0, 0.05) is 39.3 Å². The largest absolute Gasteiger partial charge is 0.738 e. The standard InChI is InChI=1S/C22H15BBr2F2N2O/c24-20-12-10-17-22(18-11-13-21(25)29(18)23(26,27)28(17)20)16-8-4-5-9-19(16)30-14-15-6-2-1-3-7-15/h1-13H,14H2. The summed E-state index contributed by atoms with van der Waals surface area (Å²) < 4.78 is 39.7. The van der Waals surface area contributed by atoms with Gasteiger partial charge in [-0.05, 0) is 39.7 Å². The first-order chi connectivity index (χ1) is 14.5. The molecule has 3 aromatic rings. The van der Waals surface area contributed by atoms with Crippen molar-refractivity contribution in [2.75, 3.05) is 0 Å². The van der Waals surface area contributed by atoms with E-state index in [1.54, 1.807) is 24.3 Å². The van der Waals surface area contributed by atoms with Crippen molar-refractivity contribution in [3.05, 3.63) is 106 Å². The number of nitrogens with zero attached hydrogens (tertiary/aromatic N) is 2. The number of rotatable bonds is 4. The van der Waals surface area contributed by atoms with Crippen LogP contribution in [0.1, 0.15) is 16.8 Å². The fourth-order valence-electron chi connectivity index (χ4n) is 3.94. The molecule has 0 fully saturated rings. The van der Waals surface area contributed by atoms with E-state index >= 15 is 8.63 Å². The third-order valence-electron chi connectivity index (χ3n) is 5.26. The Balaban J connectivity index is 1.67. The lowest BCUT2D eigenvalue weighted by Gasteiger charge is -2.32. The summed E-state index contributed by atoms with van der Waals surface area (Å²) in [6.07, 6.45) is 3.37. The van der Waals surface area contributed by atoms with E-state index in [0.717, 1.165) is 20.1 Å². The second-order valence-corrected chi connectivity index (χ2v) is 8.68. The molecule has 3 nitrogen and oxygen atoms in total. The van der Waals surface area contributed by atoms with Gasteiger partial charge in [-0.25, -0.2) is 0 Å². The first-order valence-electron chi connectivity index (χ1n) is 9.38. The van der Waals surface area contributed by atoms with E-state index in [1.165, 1.54) is 0 Å². The van der Waals surface area contributed by atoms with Crippen molar-refractivity contribution < 1.29 is 17.9 Å². The summed E-state index contributed by atoms with van der Waals surface area (Å²) in [6.45, 7) is -3.66. The van der Waals surface area contributed by atoms with Crippen LogP contribution in [0.4, 0.5) is 8.63 Å². The number of halogens is 4. The number of hydrogen-bond donors (Lipinski definition) is 0. The van der Waals surface area contributed by atoms with Gasteiger partial charge in [-0.2, -0.15) is 0 Å². The van der Waals surface area contributed by atoms with Crippen molar-refractivity contribution in [2.45, 2.75) is 6.61 Å². The molecule has 5 rings (SSSR count). The molecule has 2 aliphatic rings. The lowest BCUT2D eigenvalue weighted by atomic mass is 9.86. The van der Waals surface area contributed by atoms with Gasteiger partial charge in [0.1, 0.15) is 12.4 Å². The average Bonchev–Trinajstić information content (AvgIpc) is 3.32. The summed E-state index contributed by atoms with van der Waals surface area (Å²) in [6, 6.07) is 20.8. The van der Waals surface area contributed by atoms with Crippen LogP contribution in [0, 0.1) is 0 Å². The monoisotopic (exact) mass is 530 g/mol. The summed E-state index contributed by atoms with van der Waals surface area (Å²) in [5.41, 5.74) is 3.39. The maximum atomic E-state index is 15.4. The molecule has 0 amide bonds. The topological polar surface area (TPSA) is 17.2 Å². The van der Waals surface area contributed by atoms with Crippen LogP contribution in [-0.4, -0.2) is 20.6 Å². The van der Waals surface area contributed by atoms with Crippen LogP contribution in [0.15, 0.2) is 89.2 Å². The van der Waals surface area contributed by atoms with E-state index in [0.29, 0.717) is 38.5 Å².